The van der Waals surface area contributed by atoms with Crippen molar-refractivity contribution in [3.63, 3.8) is 0 Å². The maximum atomic E-state index is 11.9. The predicted molar refractivity (Wildman–Crippen MR) is 92.3 cm³/mol. The minimum Gasteiger partial charge on any atom is -0.464 e. The van der Waals surface area contributed by atoms with Crippen molar-refractivity contribution in [2.24, 2.45) is 5.92 Å². The van der Waals surface area contributed by atoms with E-state index in [-0.39, 0.29) is 5.92 Å². The summed E-state index contributed by atoms with van der Waals surface area (Å²) in [6.07, 6.45) is 8.09. The fourth-order valence-corrected chi connectivity index (χ4v) is 1.96. The SMILES string of the molecule is C=CCC(NC(=O)OCCCCCCCC)C(=O)OCC(C)C. The number of ether oxygens (including phenoxy) is 2. The summed E-state index contributed by atoms with van der Waals surface area (Å²) in [6.45, 7) is 10.4. The van der Waals surface area contributed by atoms with Crippen LogP contribution in [0.25, 0.3) is 0 Å². The molecule has 1 unspecified atom stereocenters. The molecule has 0 spiro atoms. The number of alkyl carbamates (subject to hydrolysis) is 1. The predicted octanol–water partition coefficient (Wildman–Crippen LogP) is 4.22. The average molecular weight is 327 g/mol. The molecule has 1 amide bonds. The molecule has 1 atom stereocenters. The molecule has 1 N–H and O–H groups in total. The summed E-state index contributed by atoms with van der Waals surface area (Å²) in [5.41, 5.74) is 0. The molecule has 0 saturated heterocycles. The van der Waals surface area contributed by atoms with Gasteiger partial charge in [-0.2, -0.15) is 0 Å². The van der Waals surface area contributed by atoms with Gasteiger partial charge in [0.15, 0.2) is 0 Å². The molecule has 0 aliphatic carbocycles. The van der Waals surface area contributed by atoms with Crippen molar-refractivity contribution in [1.82, 2.24) is 5.32 Å². The van der Waals surface area contributed by atoms with Crippen molar-refractivity contribution in [3.8, 4) is 0 Å². The van der Waals surface area contributed by atoms with Gasteiger partial charge in [-0.05, 0) is 18.8 Å². The number of amides is 1. The van der Waals surface area contributed by atoms with Crippen LogP contribution in [0.3, 0.4) is 0 Å². The van der Waals surface area contributed by atoms with Gasteiger partial charge in [0.05, 0.1) is 13.2 Å². The molecule has 0 aromatic heterocycles. The summed E-state index contributed by atoms with van der Waals surface area (Å²) in [4.78, 5) is 23.6. The van der Waals surface area contributed by atoms with Crippen molar-refractivity contribution in [2.45, 2.75) is 71.8 Å². The Balaban J connectivity index is 3.95. The lowest BCUT2D eigenvalue weighted by atomic mass is 10.1. The maximum Gasteiger partial charge on any atom is 0.407 e. The van der Waals surface area contributed by atoms with E-state index in [9.17, 15) is 9.59 Å². The zero-order valence-corrected chi connectivity index (χ0v) is 14.9. The van der Waals surface area contributed by atoms with Gasteiger partial charge in [0.1, 0.15) is 6.04 Å². The quantitative estimate of drug-likeness (QED) is 0.312. The number of carbonyl (C=O) groups is 2. The Labute approximate surface area is 140 Å². The minimum atomic E-state index is -0.733. The standard InChI is InChI=1S/C18H33NO4/c1-5-7-8-9-10-11-13-22-18(21)19-16(12-6-2)17(20)23-14-15(3)4/h6,15-16H,2,5,7-14H2,1,3-4H3,(H,19,21). The number of esters is 1. The van der Waals surface area contributed by atoms with Crippen LogP contribution < -0.4 is 5.32 Å². The van der Waals surface area contributed by atoms with Gasteiger partial charge in [0.2, 0.25) is 0 Å². The molecule has 23 heavy (non-hydrogen) atoms. The van der Waals surface area contributed by atoms with Crippen molar-refractivity contribution in [3.05, 3.63) is 12.7 Å². The number of hydrogen-bond acceptors (Lipinski definition) is 4. The lowest BCUT2D eigenvalue weighted by Crippen LogP contribution is -2.42. The van der Waals surface area contributed by atoms with E-state index in [0.717, 1.165) is 12.8 Å². The smallest absolute Gasteiger partial charge is 0.407 e. The molecule has 134 valence electrons. The summed E-state index contributed by atoms with van der Waals surface area (Å²) in [7, 11) is 0. The fourth-order valence-electron chi connectivity index (χ4n) is 1.96. The van der Waals surface area contributed by atoms with E-state index in [1.807, 2.05) is 13.8 Å². The minimum absolute atomic E-state index is 0.253. The summed E-state index contributed by atoms with van der Waals surface area (Å²) in [6, 6.07) is -0.733. The van der Waals surface area contributed by atoms with Crippen molar-refractivity contribution < 1.29 is 19.1 Å². The zero-order valence-electron chi connectivity index (χ0n) is 14.9. The van der Waals surface area contributed by atoms with Crippen molar-refractivity contribution >= 4 is 12.1 Å². The van der Waals surface area contributed by atoms with Crippen LogP contribution in [0.4, 0.5) is 4.79 Å². The van der Waals surface area contributed by atoms with Gasteiger partial charge in [-0.3, -0.25) is 0 Å². The monoisotopic (exact) mass is 327 g/mol. The molecule has 0 heterocycles. The van der Waals surface area contributed by atoms with E-state index in [1.54, 1.807) is 6.08 Å². The Morgan fingerprint density at radius 3 is 2.35 bits per heavy atom. The van der Waals surface area contributed by atoms with E-state index >= 15 is 0 Å². The maximum absolute atomic E-state index is 11.9. The molecule has 0 aliphatic heterocycles. The zero-order chi connectivity index (χ0) is 17.5. The second kappa shape index (κ2) is 14.1. The van der Waals surface area contributed by atoms with Gasteiger partial charge in [0.25, 0.3) is 0 Å². The van der Waals surface area contributed by atoms with Crippen LogP contribution in [0.5, 0.6) is 0 Å². The largest absolute Gasteiger partial charge is 0.464 e. The third-order valence-electron chi connectivity index (χ3n) is 3.27. The van der Waals surface area contributed by atoms with Crippen LogP contribution >= 0.6 is 0 Å². The molecule has 0 fully saturated rings. The number of nitrogens with one attached hydrogen (secondary N) is 1. The summed E-state index contributed by atoms with van der Waals surface area (Å²) < 4.78 is 10.3. The first-order chi connectivity index (χ1) is 11.0. The van der Waals surface area contributed by atoms with Crippen LogP contribution in [-0.4, -0.2) is 31.3 Å². The highest BCUT2D eigenvalue weighted by molar-refractivity contribution is 5.81. The number of carbonyl (C=O) groups excluding carboxylic acids is 2. The van der Waals surface area contributed by atoms with E-state index in [1.165, 1.54) is 25.7 Å². The Morgan fingerprint density at radius 1 is 1.09 bits per heavy atom. The van der Waals surface area contributed by atoms with Crippen molar-refractivity contribution in [2.75, 3.05) is 13.2 Å². The Kier molecular flexibility index (Phi) is 13.2. The first-order valence-corrected chi connectivity index (χ1v) is 8.72. The molecule has 0 saturated carbocycles. The van der Waals surface area contributed by atoms with Crippen LogP contribution in [-0.2, 0) is 14.3 Å². The van der Waals surface area contributed by atoms with E-state index in [0.29, 0.717) is 19.6 Å². The topological polar surface area (TPSA) is 64.6 Å². The molecule has 0 aliphatic rings. The summed E-state index contributed by atoms with van der Waals surface area (Å²) in [5, 5.41) is 2.55. The normalized spacial score (nSPS) is 11.8. The molecule has 5 nitrogen and oxygen atoms in total. The molecule has 0 aromatic rings. The van der Waals surface area contributed by atoms with Gasteiger partial charge < -0.3 is 14.8 Å². The first-order valence-electron chi connectivity index (χ1n) is 8.72. The highest BCUT2D eigenvalue weighted by Crippen LogP contribution is 2.05. The van der Waals surface area contributed by atoms with Crippen LogP contribution in [0.1, 0.15) is 65.7 Å². The van der Waals surface area contributed by atoms with Crippen LogP contribution in [0.2, 0.25) is 0 Å². The molecule has 0 aromatic carbocycles. The Hall–Kier alpha value is -1.52. The molecule has 5 heteroatoms. The van der Waals surface area contributed by atoms with Gasteiger partial charge in [-0.1, -0.05) is 59.0 Å². The number of hydrogen-bond donors (Lipinski definition) is 1. The van der Waals surface area contributed by atoms with Crippen LogP contribution in [0.15, 0.2) is 12.7 Å². The van der Waals surface area contributed by atoms with Gasteiger partial charge >= 0.3 is 12.1 Å². The average Bonchev–Trinajstić information content (AvgIpc) is 2.51. The molecular formula is C18H33NO4. The second-order valence-corrected chi connectivity index (χ2v) is 6.15. The van der Waals surface area contributed by atoms with Gasteiger partial charge in [0, 0.05) is 0 Å². The highest BCUT2D eigenvalue weighted by Gasteiger charge is 2.21. The fraction of sp³-hybridized carbons (Fsp3) is 0.778. The Morgan fingerprint density at radius 2 is 1.74 bits per heavy atom. The van der Waals surface area contributed by atoms with Gasteiger partial charge in [-0.15, -0.1) is 6.58 Å². The number of unbranched alkanes of at least 4 members (excludes halogenated alkanes) is 5. The van der Waals surface area contributed by atoms with E-state index in [4.69, 9.17) is 9.47 Å². The summed E-state index contributed by atoms with van der Waals surface area (Å²) >= 11 is 0. The molecule has 0 bridgehead atoms. The second-order valence-electron chi connectivity index (χ2n) is 6.15. The lowest BCUT2D eigenvalue weighted by Gasteiger charge is -2.17. The molecular weight excluding hydrogens is 294 g/mol. The Bertz CT molecular complexity index is 342. The van der Waals surface area contributed by atoms with E-state index < -0.39 is 18.1 Å². The lowest BCUT2D eigenvalue weighted by molar-refractivity contribution is -0.147. The third-order valence-corrected chi connectivity index (χ3v) is 3.27. The molecule has 0 rings (SSSR count). The van der Waals surface area contributed by atoms with Gasteiger partial charge in [-0.25, -0.2) is 9.59 Å². The first kappa shape index (κ1) is 21.5. The highest BCUT2D eigenvalue weighted by atomic mass is 16.6. The molecule has 0 radical (unpaired) electrons. The summed E-state index contributed by atoms with van der Waals surface area (Å²) in [5.74, 6) is -0.196. The third kappa shape index (κ3) is 12.7. The van der Waals surface area contributed by atoms with Crippen LogP contribution in [0, 0.1) is 5.92 Å². The van der Waals surface area contributed by atoms with Crippen molar-refractivity contribution in [1.29, 1.82) is 0 Å². The van der Waals surface area contributed by atoms with E-state index in [2.05, 4.69) is 18.8 Å². The number of rotatable bonds is 13.